The summed E-state index contributed by atoms with van der Waals surface area (Å²) in [6.07, 6.45) is 4.91. The molecule has 1 aliphatic heterocycles. The molecule has 2 aromatic rings. The maximum Gasteiger partial charge on any atom is 0.254 e. The van der Waals surface area contributed by atoms with Crippen LogP contribution in [0.4, 0.5) is 4.39 Å². The predicted molar refractivity (Wildman–Crippen MR) is 108 cm³/mol. The second kappa shape index (κ2) is 9.49. The van der Waals surface area contributed by atoms with Crippen molar-refractivity contribution in [2.45, 2.75) is 45.1 Å². The van der Waals surface area contributed by atoms with Crippen LogP contribution in [0.3, 0.4) is 0 Å². The lowest BCUT2D eigenvalue weighted by Gasteiger charge is -2.35. The summed E-state index contributed by atoms with van der Waals surface area (Å²) in [4.78, 5) is 27.1. The fourth-order valence-electron chi connectivity index (χ4n) is 3.70. The van der Waals surface area contributed by atoms with Crippen molar-refractivity contribution in [2.75, 3.05) is 13.1 Å². The minimum Gasteiger partial charge on any atom is -0.352 e. The van der Waals surface area contributed by atoms with E-state index in [0.29, 0.717) is 30.1 Å². The molecule has 1 fully saturated rings. The van der Waals surface area contributed by atoms with E-state index in [1.165, 1.54) is 18.6 Å². The van der Waals surface area contributed by atoms with E-state index in [0.717, 1.165) is 31.4 Å². The van der Waals surface area contributed by atoms with Gasteiger partial charge in [0.15, 0.2) is 0 Å². The van der Waals surface area contributed by atoms with Crippen LogP contribution in [0.2, 0.25) is 0 Å². The topological polar surface area (TPSA) is 49.4 Å². The summed E-state index contributed by atoms with van der Waals surface area (Å²) >= 11 is 0. The fourth-order valence-corrected chi connectivity index (χ4v) is 3.70. The average Bonchev–Trinajstić information content (AvgIpc) is 2.74. The van der Waals surface area contributed by atoms with Gasteiger partial charge in [-0.2, -0.15) is 0 Å². The van der Waals surface area contributed by atoms with Crippen molar-refractivity contribution < 1.29 is 14.0 Å². The van der Waals surface area contributed by atoms with Gasteiger partial charge in [-0.05, 0) is 74.1 Å². The lowest BCUT2D eigenvalue weighted by atomic mass is 9.98. The van der Waals surface area contributed by atoms with Gasteiger partial charge < -0.3 is 10.2 Å². The van der Waals surface area contributed by atoms with Gasteiger partial charge in [-0.15, -0.1) is 0 Å². The van der Waals surface area contributed by atoms with Gasteiger partial charge in [0.25, 0.3) is 11.8 Å². The van der Waals surface area contributed by atoms with E-state index in [2.05, 4.69) is 12.2 Å². The molecule has 2 amide bonds. The highest BCUT2D eigenvalue weighted by molar-refractivity contribution is 5.98. The summed E-state index contributed by atoms with van der Waals surface area (Å²) in [5, 5.41) is 2.86. The molecule has 1 unspecified atom stereocenters. The van der Waals surface area contributed by atoms with Crippen LogP contribution in [-0.2, 0) is 6.42 Å². The maximum atomic E-state index is 12.9. The zero-order chi connectivity index (χ0) is 19.9. The molecule has 148 valence electrons. The normalized spacial score (nSPS) is 16.6. The number of piperidine rings is 1. The fraction of sp³-hybridized carbons (Fsp3) is 0.391. The van der Waals surface area contributed by atoms with E-state index < -0.39 is 0 Å². The molecule has 0 bridgehead atoms. The molecule has 1 atom stereocenters. The molecule has 0 saturated carbocycles. The largest absolute Gasteiger partial charge is 0.352 e. The summed E-state index contributed by atoms with van der Waals surface area (Å²) in [5.41, 5.74) is 2.12. The first-order valence-corrected chi connectivity index (χ1v) is 10.0. The molecule has 5 heteroatoms. The summed E-state index contributed by atoms with van der Waals surface area (Å²) in [6, 6.07) is 13.4. The molecule has 2 aromatic carbocycles. The number of hydrogen-bond donors (Lipinski definition) is 1. The number of benzene rings is 2. The van der Waals surface area contributed by atoms with Crippen molar-refractivity contribution in [1.29, 1.82) is 0 Å². The molecule has 0 aromatic heterocycles. The van der Waals surface area contributed by atoms with Crippen LogP contribution in [0.15, 0.2) is 48.5 Å². The highest BCUT2D eigenvalue weighted by Gasteiger charge is 2.26. The number of nitrogens with zero attached hydrogens (tertiary/aromatic N) is 1. The predicted octanol–water partition coefficient (Wildman–Crippen LogP) is 4.20. The quantitative estimate of drug-likeness (QED) is 0.814. The van der Waals surface area contributed by atoms with Gasteiger partial charge in [-0.1, -0.05) is 19.1 Å². The third-order valence-corrected chi connectivity index (χ3v) is 5.37. The first-order valence-electron chi connectivity index (χ1n) is 10.0. The van der Waals surface area contributed by atoms with Crippen molar-refractivity contribution in [3.05, 3.63) is 71.0 Å². The third kappa shape index (κ3) is 4.97. The Hall–Kier alpha value is -2.69. The van der Waals surface area contributed by atoms with E-state index in [4.69, 9.17) is 0 Å². The number of halogens is 1. The number of amides is 2. The molecule has 1 aliphatic rings. The van der Waals surface area contributed by atoms with Crippen molar-refractivity contribution in [1.82, 2.24) is 10.2 Å². The Labute approximate surface area is 165 Å². The van der Waals surface area contributed by atoms with Crippen LogP contribution in [0.5, 0.6) is 0 Å². The van der Waals surface area contributed by atoms with Crippen LogP contribution >= 0.6 is 0 Å². The molecule has 28 heavy (non-hydrogen) atoms. The number of likely N-dealkylation sites (tertiary alicyclic amines) is 1. The number of rotatable bonds is 6. The van der Waals surface area contributed by atoms with Crippen LogP contribution < -0.4 is 5.32 Å². The Bertz CT molecular complexity index is 802. The summed E-state index contributed by atoms with van der Waals surface area (Å²) < 4.78 is 12.9. The molecule has 0 aliphatic carbocycles. The Morgan fingerprint density at radius 1 is 1.04 bits per heavy atom. The Morgan fingerprint density at radius 2 is 1.71 bits per heavy atom. The number of nitrogens with one attached hydrogen (secondary N) is 1. The average molecular weight is 382 g/mol. The van der Waals surface area contributed by atoms with Gasteiger partial charge in [0.05, 0.1) is 0 Å². The van der Waals surface area contributed by atoms with E-state index in [9.17, 15) is 14.0 Å². The standard InChI is InChI=1S/C23H27FN2O2/c1-2-21-5-3-4-16-26(21)23(28)19-10-8-18(9-11-19)22(27)25-15-14-17-6-12-20(24)13-7-17/h6-13,21H,2-5,14-16H2,1H3,(H,25,27). The zero-order valence-corrected chi connectivity index (χ0v) is 16.3. The number of carbonyl (C=O) groups excluding carboxylic acids is 2. The van der Waals surface area contributed by atoms with E-state index in [1.54, 1.807) is 36.4 Å². The number of carbonyl (C=O) groups is 2. The van der Waals surface area contributed by atoms with Crippen LogP contribution in [-0.4, -0.2) is 35.8 Å². The van der Waals surface area contributed by atoms with Crippen molar-refractivity contribution in [3.63, 3.8) is 0 Å². The maximum absolute atomic E-state index is 12.9. The molecular weight excluding hydrogens is 355 g/mol. The van der Waals surface area contributed by atoms with Crippen molar-refractivity contribution in [3.8, 4) is 0 Å². The smallest absolute Gasteiger partial charge is 0.254 e. The van der Waals surface area contributed by atoms with Gasteiger partial charge in [0.2, 0.25) is 0 Å². The van der Waals surface area contributed by atoms with E-state index >= 15 is 0 Å². The van der Waals surface area contributed by atoms with Crippen LogP contribution in [0.25, 0.3) is 0 Å². The SMILES string of the molecule is CCC1CCCCN1C(=O)c1ccc(C(=O)NCCc2ccc(F)cc2)cc1. The third-order valence-electron chi connectivity index (χ3n) is 5.37. The Balaban J connectivity index is 1.54. The highest BCUT2D eigenvalue weighted by Crippen LogP contribution is 2.22. The Morgan fingerprint density at radius 3 is 2.39 bits per heavy atom. The lowest BCUT2D eigenvalue weighted by molar-refractivity contribution is 0.0607. The second-order valence-electron chi connectivity index (χ2n) is 7.27. The first kappa shape index (κ1) is 20.1. The second-order valence-corrected chi connectivity index (χ2v) is 7.27. The molecule has 1 N–H and O–H groups in total. The van der Waals surface area contributed by atoms with E-state index in [1.807, 2.05) is 4.90 Å². The van der Waals surface area contributed by atoms with E-state index in [-0.39, 0.29) is 17.6 Å². The van der Waals surface area contributed by atoms with Gasteiger partial charge in [-0.3, -0.25) is 9.59 Å². The minimum atomic E-state index is -0.266. The van der Waals surface area contributed by atoms with Crippen molar-refractivity contribution in [2.24, 2.45) is 0 Å². The van der Waals surface area contributed by atoms with Gasteiger partial charge in [0.1, 0.15) is 5.82 Å². The zero-order valence-electron chi connectivity index (χ0n) is 16.3. The highest BCUT2D eigenvalue weighted by atomic mass is 19.1. The van der Waals surface area contributed by atoms with Gasteiger partial charge in [-0.25, -0.2) is 4.39 Å². The van der Waals surface area contributed by atoms with Crippen LogP contribution in [0.1, 0.15) is 58.9 Å². The summed E-state index contributed by atoms with van der Waals surface area (Å²) in [5.74, 6) is -0.391. The minimum absolute atomic E-state index is 0.0508. The molecule has 1 heterocycles. The molecule has 0 radical (unpaired) electrons. The summed E-state index contributed by atoms with van der Waals surface area (Å²) in [6.45, 7) is 3.40. The van der Waals surface area contributed by atoms with Crippen molar-refractivity contribution >= 4 is 11.8 Å². The van der Waals surface area contributed by atoms with Crippen LogP contribution in [0, 0.1) is 5.82 Å². The molecule has 0 spiro atoms. The first-order chi connectivity index (χ1) is 13.6. The van der Waals surface area contributed by atoms with Gasteiger partial charge in [0, 0.05) is 30.3 Å². The number of hydrogen-bond acceptors (Lipinski definition) is 2. The monoisotopic (exact) mass is 382 g/mol. The Kier molecular flexibility index (Phi) is 6.80. The van der Waals surface area contributed by atoms with Gasteiger partial charge >= 0.3 is 0 Å². The molecule has 3 rings (SSSR count). The lowest BCUT2D eigenvalue weighted by Crippen LogP contribution is -2.43. The summed E-state index contributed by atoms with van der Waals surface area (Å²) in [7, 11) is 0. The molecule has 1 saturated heterocycles. The molecule has 4 nitrogen and oxygen atoms in total. The molecular formula is C23H27FN2O2.